The second-order valence-corrected chi connectivity index (χ2v) is 4.81. The van der Waals surface area contributed by atoms with Crippen LogP contribution >= 0.6 is 0 Å². The van der Waals surface area contributed by atoms with Gasteiger partial charge in [0.05, 0.1) is 18.2 Å². The van der Waals surface area contributed by atoms with E-state index in [0.717, 1.165) is 4.90 Å². The number of hydrogen-bond acceptors (Lipinski definition) is 6. The molecule has 1 unspecified atom stereocenters. The van der Waals surface area contributed by atoms with Gasteiger partial charge in [-0.2, -0.15) is 0 Å². The third kappa shape index (κ3) is 3.47. The van der Waals surface area contributed by atoms with Crippen LogP contribution in [0.5, 0.6) is 0 Å². The zero-order valence-corrected chi connectivity index (χ0v) is 12.7. The van der Waals surface area contributed by atoms with Gasteiger partial charge in [-0.05, 0) is 19.1 Å². The number of rotatable bonds is 4. The first-order valence-electron chi connectivity index (χ1n) is 6.93. The van der Waals surface area contributed by atoms with Gasteiger partial charge in [-0.15, -0.1) is 0 Å². The Balaban J connectivity index is 2.11. The van der Waals surface area contributed by atoms with Crippen molar-refractivity contribution in [3.8, 4) is 0 Å². The highest BCUT2D eigenvalue weighted by Gasteiger charge is 2.32. The van der Waals surface area contributed by atoms with Crippen LogP contribution in [0.3, 0.4) is 0 Å². The summed E-state index contributed by atoms with van der Waals surface area (Å²) in [4.78, 5) is 48.4. The summed E-state index contributed by atoms with van der Waals surface area (Å²) >= 11 is 0. The molecule has 0 bridgehead atoms. The zero-order valence-electron chi connectivity index (χ0n) is 12.7. The van der Waals surface area contributed by atoms with E-state index in [0.29, 0.717) is 6.54 Å². The van der Waals surface area contributed by atoms with Gasteiger partial charge in [0.1, 0.15) is 0 Å². The number of amides is 3. The highest BCUT2D eigenvalue weighted by atomic mass is 16.5. The standard InChI is InChI=1S/C15H16N2O6/c1-9(12(18)17-8-7-16-15(17)21)23-14(20)11-6-4-3-5-10(11)13(19)22-2/h3-6,9H,7-8H2,1-2H3,(H,16,21). The zero-order chi connectivity index (χ0) is 17.0. The van der Waals surface area contributed by atoms with Gasteiger partial charge in [0.25, 0.3) is 5.91 Å². The van der Waals surface area contributed by atoms with Gasteiger partial charge in [0.2, 0.25) is 0 Å². The number of carbonyl (C=O) groups excluding carboxylic acids is 4. The number of hydrogen-bond donors (Lipinski definition) is 1. The fourth-order valence-electron chi connectivity index (χ4n) is 2.12. The lowest BCUT2D eigenvalue weighted by molar-refractivity contribution is -0.136. The minimum Gasteiger partial charge on any atom is -0.465 e. The lowest BCUT2D eigenvalue weighted by Crippen LogP contribution is -2.41. The molecule has 1 N–H and O–H groups in total. The van der Waals surface area contributed by atoms with Crippen molar-refractivity contribution in [2.45, 2.75) is 13.0 Å². The number of carbonyl (C=O) groups is 4. The van der Waals surface area contributed by atoms with Crippen molar-refractivity contribution in [2.24, 2.45) is 0 Å². The number of nitrogens with zero attached hydrogens (tertiary/aromatic N) is 1. The largest absolute Gasteiger partial charge is 0.465 e. The predicted molar refractivity (Wildman–Crippen MR) is 77.8 cm³/mol. The molecule has 3 amide bonds. The second-order valence-electron chi connectivity index (χ2n) is 4.81. The average Bonchev–Trinajstić information content (AvgIpc) is 2.99. The molecule has 1 aliphatic heterocycles. The van der Waals surface area contributed by atoms with Crippen molar-refractivity contribution >= 4 is 23.9 Å². The van der Waals surface area contributed by atoms with Gasteiger partial charge in [0, 0.05) is 13.1 Å². The Hall–Kier alpha value is -2.90. The number of urea groups is 1. The fraction of sp³-hybridized carbons (Fsp3) is 0.333. The topological polar surface area (TPSA) is 102 Å². The Labute approximate surface area is 132 Å². The van der Waals surface area contributed by atoms with Crippen LogP contribution in [0.25, 0.3) is 0 Å². The van der Waals surface area contributed by atoms with Crippen molar-refractivity contribution in [1.29, 1.82) is 0 Å². The number of esters is 2. The van der Waals surface area contributed by atoms with Gasteiger partial charge < -0.3 is 14.8 Å². The van der Waals surface area contributed by atoms with Crippen LogP contribution in [0.2, 0.25) is 0 Å². The average molecular weight is 320 g/mol. The Bertz CT molecular complexity index is 657. The van der Waals surface area contributed by atoms with Crippen LogP contribution in [-0.4, -0.2) is 55.1 Å². The number of methoxy groups -OCH3 is 1. The van der Waals surface area contributed by atoms with E-state index in [4.69, 9.17) is 4.74 Å². The smallest absolute Gasteiger partial charge is 0.339 e. The van der Waals surface area contributed by atoms with Crippen molar-refractivity contribution < 1.29 is 28.7 Å². The predicted octanol–water partition coefficient (Wildman–Crippen LogP) is 0.570. The molecular formula is C15H16N2O6. The Morgan fingerprint density at radius 3 is 2.30 bits per heavy atom. The molecule has 1 fully saturated rings. The minimum atomic E-state index is -1.16. The molecule has 0 radical (unpaired) electrons. The fourth-order valence-corrected chi connectivity index (χ4v) is 2.12. The molecule has 0 aromatic heterocycles. The Morgan fingerprint density at radius 2 is 1.78 bits per heavy atom. The van der Waals surface area contributed by atoms with E-state index in [1.807, 2.05) is 0 Å². The van der Waals surface area contributed by atoms with Gasteiger partial charge in [-0.3, -0.25) is 9.69 Å². The number of nitrogens with one attached hydrogen (secondary N) is 1. The summed E-state index contributed by atoms with van der Waals surface area (Å²) in [5.41, 5.74) is 0.0310. The number of ether oxygens (including phenoxy) is 2. The lowest BCUT2D eigenvalue weighted by Gasteiger charge is -2.18. The normalized spacial score (nSPS) is 14.9. The monoisotopic (exact) mass is 320 g/mol. The van der Waals surface area contributed by atoms with E-state index in [-0.39, 0.29) is 17.7 Å². The summed E-state index contributed by atoms with van der Waals surface area (Å²) in [5.74, 6) is -2.15. The SMILES string of the molecule is COC(=O)c1ccccc1C(=O)OC(C)C(=O)N1CCNC1=O. The molecule has 1 heterocycles. The maximum Gasteiger partial charge on any atom is 0.339 e. The number of benzene rings is 1. The maximum absolute atomic E-state index is 12.2. The van der Waals surface area contributed by atoms with Gasteiger partial charge in [-0.25, -0.2) is 14.4 Å². The molecule has 1 atom stereocenters. The summed E-state index contributed by atoms with van der Waals surface area (Å²) in [6.07, 6.45) is -1.16. The first-order chi connectivity index (χ1) is 11.0. The Morgan fingerprint density at radius 1 is 1.17 bits per heavy atom. The molecule has 1 aliphatic rings. The lowest BCUT2D eigenvalue weighted by atomic mass is 10.1. The molecule has 1 aromatic rings. The molecule has 8 heteroatoms. The molecule has 1 aromatic carbocycles. The van der Waals surface area contributed by atoms with Crippen molar-refractivity contribution in [3.63, 3.8) is 0 Å². The van der Waals surface area contributed by atoms with Crippen LogP contribution in [0.15, 0.2) is 24.3 Å². The number of imide groups is 1. The van der Waals surface area contributed by atoms with Gasteiger partial charge >= 0.3 is 18.0 Å². The third-order valence-electron chi connectivity index (χ3n) is 3.31. The van der Waals surface area contributed by atoms with Crippen LogP contribution in [0.4, 0.5) is 4.79 Å². The van der Waals surface area contributed by atoms with E-state index >= 15 is 0 Å². The first-order valence-corrected chi connectivity index (χ1v) is 6.93. The van der Waals surface area contributed by atoms with E-state index < -0.39 is 30.0 Å². The molecule has 0 spiro atoms. The Kier molecular flexibility index (Phi) is 4.95. The molecule has 122 valence electrons. The maximum atomic E-state index is 12.2. The van der Waals surface area contributed by atoms with E-state index in [9.17, 15) is 19.2 Å². The van der Waals surface area contributed by atoms with E-state index in [1.54, 1.807) is 12.1 Å². The van der Waals surface area contributed by atoms with Crippen molar-refractivity contribution in [2.75, 3.05) is 20.2 Å². The molecule has 23 heavy (non-hydrogen) atoms. The first kappa shape index (κ1) is 16.5. The summed E-state index contributed by atoms with van der Waals surface area (Å²) in [6.45, 7) is 1.95. The summed E-state index contributed by atoms with van der Waals surface area (Å²) < 4.78 is 9.68. The van der Waals surface area contributed by atoms with Crippen LogP contribution in [0.1, 0.15) is 27.6 Å². The molecular weight excluding hydrogens is 304 g/mol. The summed E-state index contributed by atoms with van der Waals surface area (Å²) in [7, 11) is 1.20. The van der Waals surface area contributed by atoms with E-state index in [2.05, 4.69) is 10.1 Å². The molecule has 2 rings (SSSR count). The van der Waals surface area contributed by atoms with Gasteiger partial charge in [0.15, 0.2) is 6.10 Å². The second kappa shape index (κ2) is 6.91. The highest BCUT2D eigenvalue weighted by molar-refractivity contribution is 6.04. The van der Waals surface area contributed by atoms with E-state index in [1.165, 1.54) is 26.2 Å². The quantitative estimate of drug-likeness (QED) is 0.814. The molecule has 8 nitrogen and oxygen atoms in total. The molecule has 0 aliphatic carbocycles. The highest BCUT2D eigenvalue weighted by Crippen LogP contribution is 2.14. The minimum absolute atomic E-state index is 0.00938. The van der Waals surface area contributed by atoms with Crippen LogP contribution in [0, 0.1) is 0 Å². The third-order valence-corrected chi connectivity index (χ3v) is 3.31. The van der Waals surface area contributed by atoms with Crippen molar-refractivity contribution in [1.82, 2.24) is 10.2 Å². The van der Waals surface area contributed by atoms with Crippen molar-refractivity contribution in [3.05, 3.63) is 35.4 Å². The summed E-state index contributed by atoms with van der Waals surface area (Å²) in [5, 5.41) is 2.49. The molecule has 1 saturated heterocycles. The summed E-state index contributed by atoms with van der Waals surface area (Å²) in [6, 6.07) is 5.43. The van der Waals surface area contributed by atoms with Crippen LogP contribution in [-0.2, 0) is 14.3 Å². The van der Waals surface area contributed by atoms with Crippen LogP contribution < -0.4 is 5.32 Å². The molecule has 0 saturated carbocycles. The van der Waals surface area contributed by atoms with Gasteiger partial charge in [-0.1, -0.05) is 12.1 Å².